The molecule has 0 radical (unpaired) electrons. The Kier molecular flexibility index (Phi) is 5.54. The van der Waals surface area contributed by atoms with E-state index in [0.29, 0.717) is 0 Å². The van der Waals surface area contributed by atoms with E-state index in [1.807, 2.05) is 6.07 Å². The molecule has 0 atom stereocenters. The van der Waals surface area contributed by atoms with Gasteiger partial charge < -0.3 is 0 Å². The minimum absolute atomic E-state index is 0.984. The smallest absolute Gasteiger partial charge is 0.0794 e. The molecule has 9 rings (SSSR count). The van der Waals surface area contributed by atoms with Crippen LogP contribution in [-0.4, -0.2) is 9.97 Å². The molecule has 0 saturated carbocycles. The van der Waals surface area contributed by atoms with Crippen molar-refractivity contribution in [3.8, 4) is 33.5 Å². The summed E-state index contributed by atoms with van der Waals surface area (Å²) < 4.78 is 0. The number of hydrogen-bond acceptors (Lipinski definition) is 2. The molecule has 0 aliphatic heterocycles. The van der Waals surface area contributed by atoms with E-state index in [1.54, 1.807) is 0 Å². The summed E-state index contributed by atoms with van der Waals surface area (Å²) in [5, 5.41) is 8.25. The number of pyridine rings is 2. The summed E-state index contributed by atoms with van der Waals surface area (Å²) in [6.45, 7) is 0. The summed E-state index contributed by atoms with van der Waals surface area (Å²) in [7, 11) is 0. The molecular weight excluding hydrogens is 532 g/mol. The van der Waals surface area contributed by atoms with E-state index in [9.17, 15) is 0 Å². The van der Waals surface area contributed by atoms with Crippen LogP contribution in [0.1, 0.15) is 0 Å². The average molecular weight is 559 g/mol. The standard InChI is InChI=1S/C42H26N2/c1-4-13-34-28(8-1)20-23-36-40(37-24-21-29-9-2-5-14-35(29)42(37)44-41(34)36)33-12-7-11-32(26-33)27-16-18-31(19-17-27)39-25-22-30-10-3-6-15-38(30)43-39/h1-26H. The molecule has 44 heavy (non-hydrogen) atoms. The second-order valence-electron chi connectivity index (χ2n) is 11.4. The quantitative estimate of drug-likeness (QED) is 0.159. The molecule has 9 aromatic rings. The van der Waals surface area contributed by atoms with E-state index >= 15 is 0 Å². The number of aromatic nitrogens is 2. The Morgan fingerprint density at radius 2 is 0.886 bits per heavy atom. The fraction of sp³-hybridized carbons (Fsp3) is 0. The van der Waals surface area contributed by atoms with Gasteiger partial charge in [-0.25, -0.2) is 9.97 Å². The van der Waals surface area contributed by atoms with Crippen LogP contribution in [0.5, 0.6) is 0 Å². The van der Waals surface area contributed by atoms with Gasteiger partial charge in [0.25, 0.3) is 0 Å². The number of hydrogen-bond donors (Lipinski definition) is 0. The first-order valence-electron chi connectivity index (χ1n) is 15.0. The Morgan fingerprint density at radius 3 is 1.59 bits per heavy atom. The number of rotatable bonds is 3. The lowest BCUT2D eigenvalue weighted by Gasteiger charge is -2.15. The summed E-state index contributed by atoms with van der Waals surface area (Å²) >= 11 is 0. The van der Waals surface area contributed by atoms with Gasteiger partial charge in [0.1, 0.15) is 0 Å². The Morgan fingerprint density at radius 1 is 0.318 bits per heavy atom. The van der Waals surface area contributed by atoms with Crippen LogP contribution in [0.2, 0.25) is 0 Å². The highest BCUT2D eigenvalue weighted by molar-refractivity contribution is 6.21. The molecule has 204 valence electrons. The van der Waals surface area contributed by atoms with Crippen LogP contribution in [0, 0.1) is 0 Å². The summed E-state index contributed by atoms with van der Waals surface area (Å²) in [4.78, 5) is 10.2. The van der Waals surface area contributed by atoms with Crippen LogP contribution in [0.25, 0.3) is 87.8 Å². The molecule has 0 aliphatic carbocycles. The molecule has 0 aliphatic rings. The van der Waals surface area contributed by atoms with Crippen molar-refractivity contribution in [1.29, 1.82) is 0 Å². The van der Waals surface area contributed by atoms with Gasteiger partial charge in [0.15, 0.2) is 0 Å². The molecule has 0 spiro atoms. The Labute approximate surface area is 254 Å². The molecule has 0 unspecified atom stereocenters. The first-order valence-corrected chi connectivity index (χ1v) is 15.0. The molecule has 0 saturated heterocycles. The van der Waals surface area contributed by atoms with Crippen LogP contribution in [0.3, 0.4) is 0 Å². The van der Waals surface area contributed by atoms with Gasteiger partial charge in [0, 0.05) is 38.1 Å². The Hall–Kier alpha value is -5.86. The molecular formula is C42H26N2. The van der Waals surface area contributed by atoms with Gasteiger partial charge in [-0.05, 0) is 45.7 Å². The van der Waals surface area contributed by atoms with Gasteiger partial charge in [-0.1, -0.05) is 140 Å². The van der Waals surface area contributed by atoms with Gasteiger partial charge >= 0.3 is 0 Å². The predicted octanol–water partition coefficient (Wildman–Crippen LogP) is 11.2. The number of fused-ring (bicyclic) bond motifs is 7. The lowest BCUT2D eigenvalue weighted by molar-refractivity contribution is 1.40. The monoisotopic (exact) mass is 558 g/mol. The highest BCUT2D eigenvalue weighted by atomic mass is 14.7. The summed E-state index contributed by atoms with van der Waals surface area (Å²) in [6, 6.07) is 56.2. The van der Waals surface area contributed by atoms with E-state index in [0.717, 1.165) is 33.2 Å². The van der Waals surface area contributed by atoms with Crippen molar-refractivity contribution in [2.45, 2.75) is 0 Å². The zero-order valence-electron chi connectivity index (χ0n) is 23.9. The highest BCUT2D eigenvalue weighted by Crippen LogP contribution is 2.40. The molecule has 0 amide bonds. The topological polar surface area (TPSA) is 25.8 Å². The molecule has 2 aromatic heterocycles. The van der Waals surface area contributed by atoms with Crippen LogP contribution < -0.4 is 0 Å². The van der Waals surface area contributed by atoms with E-state index in [4.69, 9.17) is 9.97 Å². The van der Waals surface area contributed by atoms with Gasteiger partial charge in [-0.2, -0.15) is 0 Å². The number of para-hydroxylation sites is 1. The number of nitrogens with zero attached hydrogens (tertiary/aromatic N) is 2. The van der Waals surface area contributed by atoms with Crippen LogP contribution in [0.4, 0.5) is 0 Å². The van der Waals surface area contributed by atoms with Crippen molar-refractivity contribution in [1.82, 2.24) is 9.97 Å². The zero-order valence-corrected chi connectivity index (χ0v) is 23.9. The van der Waals surface area contributed by atoms with Crippen molar-refractivity contribution in [3.63, 3.8) is 0 Å². The summed E-state index contributed by atoms with van der Waals surface area (Å²) in [5.41, 5.74) is 9.96. The summed E-state index contributed by atoms with van der Waals surface area (Å²) in [6.07, 6.45) is 0. The fourth-order valence-corrected chi connectivity index (χ4v) is 6.64. The molecule has 2 nitrogen and oxygen atoms in total. The van der Waals surface area contributed by atoms with Crippen molar-refractivity contribution in [2.75, 3.05) is 0 Å². The Balaban J connectivity index is 1.22. The largest absolute Gasteiger partial charge is 0.248 e. The molecule has 0 fully saturated rings. The fourth-order valence-electron chi connectivity index (χ4n) is 6.64. The van der Waals surface area contributed by atoms with E-state index in [-0.39, 0.29) is 0 Å². The SMILES string of the molecule is c1cc(-c2ccc(-c3ccc4ccccc4n3)cc2)cc(-c2c3ccc4ccccc4c3nc3c2ccc2ccccc23)c1. The zero-order chi connectivity index (χ0) is 29.0. The Bertz CT molecular complexity index is 2450. The van der Waals surface area contributed by atoms with Crippen LogP contribution >= 0.6 is 0 Å². The molecule has 0 N–H and O–H groups in total. The minimum Gasteiger partial charge on any atom is -0.248 e. The molecule has 2 heterocycles. The third-order valence-corrected chi connectivity index (χ3v) is 8.83. The van der Waals surface area contributed by atoms with Crippen molar-refractivity contribution >= 4 is 54.3 Å². The maximum Gasteiger partial charge on any atom is 0.0794 e. The average Bonchev–Trinajstić information content (AvgIpc) is 3.10. The third kappa shape index (κ3) is 3.96. The predicted molar refractivity (Wildman–Crippen MR) is 186 cm³/mol. The van der Waals surface area contributed by atoms with E-state index in [2.05, 4.69) is 152 Å². The van der Waals surface area contributed by atoms with Gasteiger partial charge in [0.05, 0.1) is 22.2 Å². The second kappa shape index (κ2) is 9.86. The minimum atomic E-state index is 0.984. The maximum absolute atomic E-state index is 5.35. The number of benzene rings is 7. The van der Waals surface area contributed by atoms with Crippen molar-refractivity contribution in [3.05, 3.63) is 158 Å². The highest BCUT2D eigenvalue weighted by Gasteiger charge is 2.16. The third-order valence-electron chi connectivity index (χ3n) is 8.83. The van der Waals surface area contributed by atoms with Gasteiger partial charge in [-0.3, -0.25) is 0 Å². The van der Waals surface area contributed by atoms with Crippen molar-refractivity contribution in [2.24, 2.45) is 0 Å². The van der Waals surface area contributed by atoms with Crippen LogP contribution in [0.15, 0.2) is 158 Å². The maximum atomic E-state index is 5.35. The molecule has 2 heteroatoms. The van der Waals surface area contributed by atoms with Gasteiger partial charge in [-0.15, -0.1) is 0 Å². The van der Waals surface area contributed by atoms with E-state index < -0.39 is 0 Å². The van der Waals surface area contributed by atoms with Crippen molar-refractivity contribution < 1.29 is 0 Å². The first kappa shape index (κ1) is 24.7. The van der Waals surface area contributed by atoms with Gasteiger partial charge in [0.2, 0.25) is 0 Å². The molecule has 0 bridgehead atoms. The second-order valence-corrected chi connectivity index (χ2v) is 11.4. The normalized spacial score (nSPS) is 11.6. The van der Waals surface area contributed by atoms with E-state index in [1.165, 1.54) is 54.6 Å². The van der Waals surface area contributed by atoms with Crippen LogP contribution in [-0.2, 0) is 0 Å². The summed E-state index contributed by atoms with van der Waals surface area (Å²) in [5.74, 6) is 0. The lowest BCUT2D eigenvalue weighted by atomic mass is 9.91. The molecule has 7 aromatic carbocycles. The first-order chi connectivity index (χ1) is 21.8. The lowest BCUT2D eigenvalue weighted by Crippen LogP contribution is -1.92.